The molecule has 4 nitrogen and oxygen atoms in total. The third kappa shape index (κ3) is 2.01. The zero-order valence-electron chi connectivity index (χ0n) is 11.2. The Bertz CT molecular complexity index is 714. The highest BCUT2D eigenvalue weighted by molar-refractivity contribution is 9.10. The van der Waals surface area contributed by atoms with E-state index in [0.717, 1.165) is 10.2 Å². The molecular formula is C15H14BrNO3. The summed E-state index contributed by atoms with van der Waals surface area (Å²) in [4.78, 5) is 16.4. The zero-order chi connectivity index (χ0) is 14.4. The van der Waals surface area contributed by atoms with Gasteiger partial charge in [0.1, 0.15) is 0 Å². The van der Waals surface area contributed by atoms with Crippen molar-refractivity contribution in [2.24, 2.45) is 0 Å². The number of aromatic nitrogens is 1. The summed E-state index contributed by atoms with van der Waals surface area (Å²) in [5.74, 6) is -0.939. The number of carbonyl (C=O) groups is 1. The molecule has 0 radical (unpaired) electrons. The maximum atomic E-state index is 11.8. The maximum absolute atomic E-state index is 11.8. The van der Waals surface area contributed by atoms with Crippen LogP contribution in [-0.2, 0) is 11.2 Å². The number of benzene rings is 1. The number of hydrogen-bond acceptors (Lipinski definition) is 3. The van der Waals surface area contributed by atoms with Crippen molar-refractivity contribution >= 4 is 32.8 Å². The third-order valence-electron chi connectivity index (χ3n) is 3.61. The van der Waals surface area contributed by atoms with Crippen LogP contribution in [0.15, 0.2) is 22.7 Å². The molecule has 2 heterocycles. The van der Waals surface area contributed by atoms with Crippen molar-refractivity contribution in [3.63, 3.8) is 0 Å². The summed E-state index contributed by atoms with van der Waals surface area (Å²) >= 11 is 3.43. The first-order chi connectivity index (χ1) is 9.49. The van der Waals surface area contributed by atoms with E-state index < -0.39 is 5.97 Å². The Morgan fingerprint density at radius 1 is 1.45 bits per heavy atom. The number of ether oxygens (including phenoxy) is 1. The second-order valence-electron chi connectivity index (χ2n) is 5.08. The number of halogens is 1. The fraction of sp³-hybridized carbons (Fsp3) is 0.333. The van der Waals surface area contributed by atoms with E-state index in [-0.39, 0.29) is 12.2 Å². The smallest absolute Gasteiger partial charge is 0.336 e. The van der Waals surface area contributed by atoms with E-state index >= 15 is 0 Å². The number of rotatable bonds is 1. The molecule has 5 heteroatoms. The Morgan fingerprint density at radius 3 is 2.90 bits per heavy atom. The van der Waals surface area contributed by atoms with E-state index in [9.17, 15) is 9.90 Å². The lowest BCUT2D eigenvalue weighted by Crippen LogP contribution is -2.26. The minimum absolute atomic E-state index is 0.0521. The quantitative estimate of drug-likeness (QED) is 0.862. The normalized spacial score (nSPS) is 21.8. The molecule has 20 heavy (non-hydrogen) atoms. The number of carboxylic acid groups (broad SMARTS) is 1. The Hall–Kier alpha value is -1.46. The first-order valence-corrected chi connectivity index (χ1v) is 7.28. The lowest BCUT2D eigenvalue weighted by Gasteiger charge is -2.29. The summed E-state index contributed by atoms with van der Waals surface area (Å²) < 4.78 is 6.52. The van der Waals surface area contributed by atoms with Crippen LogP contribution in [0.5, 0.6) is 0 Å². The Morgan fingerprint density at radius 2 is 2.20 bits per heavy atom. The average molecular weight is 336 g/mol. The molecular weight excluding hydrogens is 322 g/mol. The molecule has 0 saturated heterocycles. The summed E-state index contributed by atoms with van der Waals surface area (Å²) in [7, 11) is 0. The Balaban J connectivity index is 2.44. The summed E-state index contributed by atoms with van der Waals surface area (Å²) in [5, 5.41) is 10.3. The van der Waals surface area contributed by atoms with Gasteiger partial charge in [0.05, 0.1) is 29.0 Å². The van der Waals surface area contributed by atoms with Gasteiger partial charge in [-0.05, 0) is 26.0 Å². The monoisotopic (exact) mass is 335 g/mol. The van der Waals surface area contributed by atoms with Crippen LogP contribution in [0.3, 0.4) is 0 Å². The van der Waals surface area contributed by atoms with Crippen LogP contribution in [0, 0.1) is 0 Å². The molecule has 1 aromatic heterocycles. The van der Waals surface area contributed by atoms with Gasteiger partial charge in [-0.15, -0.1) is 0 Å². The summed E-state index contributed by atoms with van der Waals surface area (Å²) in [6.07, 6.45) is 0.433. The van der Waals surface area contributed by atoms with Gasteiger partial charge < -0.3 is 9.84 Å². The molecule has 1 aromatic carbocycles. The summed E-state index contributed by atoms with van der Waals surface area (Å²) in [6.45, 7) is 3.86. The number of hydrogen-bond donors (Lipinski definition) is 1. The van der Waals surface area contributed by atoms with E-state index in [2.05, 4.69) is 20.9 Å². The Labute approximate surface area is 124 Å². The standard InChI is InChI=1S/C15H14BrNO3/c1-7-6-11-12(8(2)20-7)14(15(18)19)13-9(16)4-3-5-10(13)17-11/h3-5,7-8H,6H2,1-2H3,(H,18,19). The fourth-order valence-electron chi connectivity index (χ4n) is 2.89. The van der Waals surface area contributed by atoms with Crippen LogP contribution >= 0.6 is 15.9 Å². The molecule has 0 aliphatic carbocycles. The number of fused-ring (bicyclic) bond motifs is 2. The van der Waals surface area contributed by atoms with Crippen molar-refractivity contribution in [2.75, 3.05) is 0 Å². The molecule has 2 atom stereocenters. The van der Waals surface area contributed by atoms with Crippen molar-refractivity contribution in [3.05, 3.63) is 39.5 Å². The molecule has 0 saturated carbocycles. The molecule has 0 amide bonds. The lowest BCUT2D eigenvalue weighted by atomic mass is 9.92. The lowest BCUT2D eigenvalue weighted by molar-refractivity contribution is -0.00661. The van der Waals surface area contributed by atoms with E-state index in [1.54, 1.807) is 0 Å². The van der Waals surface area contributed by atoms with E-state index in [4.69, 9.17) is 4.74 Å². The first kappa shape index (κ1) is 13.5. The number of pyridine rings is 1. The predicted octanol–water partition coefficient (Wildman–Crippen LogP) is 3.72. The molecule has 0 spiro atoms. The molecule has 0 bridgehead atoms. The number of nitrogens with zero attached hydrogens (tertiary/aromatic N) is 1. The molecule has 1 aliphatic heterocycles. The van der Waals surface area contributed by atoms with E-state index in [1.807, 2.05) is 32.0 Å². The molecule has 104 valence electrons. The second-order valence-corrected chi connectivity index (χ2v) is 5.93. The first-order valence-electron chi connectivity index (χ1n) is 6.48. The van der Waals surface area contributed by atoms with Crippen LogP contribution in [0.2, 0.25) is 0 Å². The van der Waals surface area contributed by atoms with Gasteiger partial charge in [-0.1, -0.05) is 22.0 Å². The minimum Gasteiger partial charge on any atom is -0.478 e. The van der Waals surface area contributed by atoms with Gasteiger partial charge in [0, 0.05) is 21.8 Å². The minimum atomic E-state index is -0.939. The molecule has 1 N–H and O–H groups in total. The van der Waals surface area contributed by atoms with Crippen molar-refractivity contribution in [2.45, 2.75) is 32.5 Å². The molecule has 0 fully saturated rings. The average Bonchev–Trinajstić information content (AvgIpc) is 2.36. The van der Waals surface area contributed by atoms with Gasteiger partial charge in [0.15, 0.2) is 0 Å². The van der Waals surface area contributed by atoms with Gasteiger partial charge in [-0.3, -0.25) is 4.98 Å². The zero-order valence-corrected chi connectivity index (χ0v) is 12.8. The highest BCUT2D eigenvalue weighted by atomic mass is 79.9. The molecule has 1 aliphatic rings. The molecule has 3 rings (SSSR count). The summed E-state index contributed by atoms with van der Waals surface area (Å²) in [6, 6.07) is 5.54. The highest BCUT2D eigenvalue weighted by Crippen LogP contribution is 2.37. The van der Waals surface area contributed by atoms with Crippen LogP contribution in [-0.4, -0.2) is 22.2 Å². The Kier molecular flexibility index (Phi) is 3.26. The number of carboxylic acids is 1. The SMILES string of the molecule is CC1Cc2nc3cccc(Br)c3c(C(=O)O)c2C(C)O1. The summed E-state index contributed by atoms with van der Waals surface area (Å²) in [5.41, 5.74) is 2.54. The molecule has 2 unspecified atom stereocenters. The van der Waals surface area contributed by atoms with E-state index in [0.29, 0.717) is 28.5 Å². The third-order valence-corrected chi connectivity index (χ3v) is 4.28. The van der Waals surface area contributed by atoms with Gasteiger partial charge in [-0.25, -0.2) is 4.79 Å². The largest absolute Gasteiger partial charge is 0.478 e. The van der Waals surface area contributed by atoms with Crippen LogP contribution in [0.1, 0.15) is 41.6 Å². The van der Waals surface area contributed by atoms with Crippen molar-refractivity contribution in [1.29, 1.82) is 0 Å². The van der Waals surface area contributed by atoms with Gasteiger partial charge in [-0.2, -0.15) is 0 Å². The molecule has 2 aromatic rings. The van der Waals surface area contributed by atoms with Crippen molar-refractivity contribution < 1.29 is 14.6 Å². The van der Waals surface area contributed by atoms with Gasteiger partial charge in [0.25, 0.3) is 0 Å². The van der Waals surface area contributed by atoms with Gasteiger partial charge >= 0.3 is 5.97 Å². The second kappa shape index (κ2) is 4.82. The van der Waals surface area contributed by atoms with Gasteiger partial charge in [0.2, 0.25) is 0 Å². The van der Waals surface area contributed by atoms with Crippen LogP contribution < -0.4 is 0 Å². The maximum Gasteiger partial charge on any atom is 0.336 e. The number of aromatic carboxylic acids is 1. The highest BCUT2D eigenvalue weighted by Gasteiger charge is 2.30. The van der Waals surface area contributed by atoms with E-state index in [1.165, 1.54) is 0 Å². The van der Waals surface area contributed by atoms with Crippen molar-refractivity contribution in [1.82, 2.24) is 4.98 Å². The predicted molar refractivity (Wildman–Crippen MR) is 79.1 cm³/mol. The van der Waals surface area contributed by atoms with Crippen LogP contribution in [0.25, 0.3) is 10.9 Å². The topological polar surface area (TPSA) is 59.4 Å². The van der Waals surface area contributed by atoms with Crippen molar-refractivity contribution in [3.8, 4) is 0 Å². The fourth-order valence-corrected chi connectivity index (χ4v) is 3.44. The van der Waals surface area contributed by atoms with Crippen LogP contribution in [0.4, 0.5) is 0 Å².